The van der Waals surface area contributed by atoms with Gasteiger partial charge in [-0.2, -0.15) is 0 Å². The molecule has 0 radical (unpaired) electrons. The average molecular weight is 232 g/mol. The van der Waals surface area contributed by atoms with Crippen molar-refractivity contribution in [2.75, 3.05) is 20.1 Å². The third kappa shape index (κ3) is 2.50. The highest BCUT2D eigenvalue weighted by Crippen LogP contribution is 2.24. The lowest BCUT2D eigenvalue weighted by molar-refractivity contribution is -0.131. The molecular weight excluding hydrogens is 212 g/mol. The van der Waals surface area contributed by atoms with Gasteiger partial charge < -0.3 is 10.2 Å². The molecule has 2 rings (SSSR count). The molecule has 1 fully saturated rings. The zero-order valence-corrected chi connectivity index (χ0v) is 10.8. The minimum absolute atomic E-state index is 0.158. The van der Waals surface area contributed by atoms with E-state index in [1.54, 1.807) is 0 Å². The molecular formula is C14H20N2O. The van der Waals surface area contributed by atoms with Gasteiger partial charge in [-0.05, 0) is 25.0 Å². The van der Waals surface area contributed by atoms with Gasteiger partial charge in [0.25, 0.3) is 0 Å². The van der Waals surface area contributed by atoms with Crippen LogP contribution >= 0.6 is 0 Å². The second-order valence-corrected chi connectivity index (χ2v) is 4.83. The van der Waals surface area contributed by atoms with Crippen molar-refractivity contribution in [2.45, 2.75) is 26.3 Å². The molecule has 3 heteroatoms. The van der Waals surface area contributed by atoms with Gasteiger partial charge in [0.2, 0.25) is 5.91 Å². The molecule has 1 saturated heterocycles. The van der Waals surface area contributed by atoms with Gasteiger partial charge in [0.1, 0.15) is 0 Å². The second kappa shape index (κ2) is 4.88. The van der Waals surface area contributed by atoms with Gasteiger partial charge in [-0.3, -0.25) is 4.79 Å². The molecule has 1 N–H and O–H groups in total. The van der Waals surface area contributed by atoms with Crippen molar-refractivity contribution in [1.82, 2.24) is 10.2 Å². The third-order valence-corrected chi connectivity index (χ3v) is 3.50. The summed E-state index contributed by atoms with van der Waals surface area (Å²) < 4.78 is 0. The van der Waals surface area contributed by atoms with Crippen LogP contribution in [0.5, 0.6) is 0 Å². The first-order chi connectivity index (χ1) is 8.09. The van der Waals surface area contributed by atoms with Gasteiger partial charge in [0, 0.05) is 26.6 Å². The number of hydrogen-bond acceptors (Lipinski definition) is 2. The number of amides is 1. The van der Waals surface area contributed by atoms with Crippen LogP contribution in [0.25, 0.3) is 0 Å². The van der Waals surface area contributed by atoms with Crippen LogP contribution in [0, 0.1) is 13.8 Å². The van der Waals surface area contributed by atoms with Gasteiger partial charge in [-0.25, -0.2) is 0 Å². The molecule has 92 valence electrons. The van der Waals surface area contributed by atoms with E-state index in [1.165, 1.54) is 16.7 Å². The van der Waals surface area contributed by atoms with E-state index in [-0.39, 0.29) is 11.9 Å². The first-order valence-corrected chi connectivity index (χ1v) is 6.13. The lowest BCUT2D eigenvalue weighted by atomic mass is 9.98. The van der Waals surface area contributed by atoms with Crippen molar-refractivity contribution in [2.24, 2.45) is 0 Å². The lowest BCUT2D eigenvalue weighted by Gasteiger charge is -2.27. The molecule has 1 atom stereocenters. The minimum atomic E-state index is 0.158. The second-order valence-electron chi connectivity index (χ2n) is 4.83. The Hall–Kier alpha value is -1.35. The number of nitrogens with zero attached hydrogens (tertiary/aromatic N) is 1. The summed E-state index contributed by atoms with van der Waals surface area (Å²) in [5.41, 5.74) is 3.78. The molecule has 0 aliphatic carbocycles. The van der Waals surface area contributed by atoms with Gasteiger partial charge in [0.05, 0.1) is 6.04 Å². The van der Waals surface area contributed by atoms with Crippen molar-refractivity contribution in [1.29, 1.82) is 0 Å². The molecule has 17 heavy (non-hydrogen) atoms. The quantitative estimate of drug-likeness (QED) is 0.800. The highest BCUT2D eigenvalue weighted by Gasteiger charge is 2.24. The Bertz CT molecular complexity index is 428. The first-order valence-electron chi connectivity index (χ1n) is 6.13. The Morgan fingerprint density at radius 2 is 2.12 bits per heavy atom. The SMILES string of the molecule is Cc1ccc(C2CNCCC(=O)N2C)c(C)c1. The Labute approximate surface area is 103 Å². The Kier molecular flexibility index (Phi) is 3.48. The highest BCUT2D eigenvalue weighted by atomic mass is 16.2. The smallest absolute Gasteiger partial charge is 0.224 e. The van der Waals surface area contributed by atoms with Crippen LogP contribution in [-0.2, 0) is 4.79 Å². The zero-order chi connectivity index (χ0) is 12.4. The van der Waals surface area contributed by atoms with Gasteiger partial charge in [0.15, 0.2) is 0 Å². The summed E-state index contributed by atoms with van der Waals surface area (Å²) in [6, 6.07) is 6.60. The monoisotopic (exact) mass is 232 g/mol. The maximum atomic E-state index is 11.9. The van der Waals surface area contributed by atoms with E-state index in [4.69, 9.17) is 0 Å². The third-order valence-electron chi connectivity index (χ3n) is 3.50. The van der Waals surface area contributed by atoms with Crippen LogP contribution in [-0.4, -0.2) is 30.9 Å². The van der Waals surface area contributed by atoms with Crippen LogP contribution in [0.3, 0.4) is 0 Å². The van der Waals surface area contributed by atoms with Crippen molar-refractivity contribution in [3.63, 3.8) is 0 Å². The predicted octanol–water partition coefficient (Wildman–Crippen LogP) is 1.80. The molecule has 0 saturated carbocycles. The van der Waals surface area contributed by atoms with E-state index in [0.29, 0.717) is 6.42 Å². The molecule has 0 spiro atoms. The van der Waals surface area contributed by atoms with Crippen LogP contribution < -0.4 is 5.32 Å². The number of hydrogen-bond donors (Lipinski definition) is 1. The predicted molar refractivity (Wildman–Crippen MR) is 68.9 cm³/mol. The molecule has 1 unspecified atom stereocenters. The number of aryl methyl sites for hydroxylation is 2. The molecule has 1 heterocycles. The van der Waals surface area contributed by atoms with Crippen molar-refractivity contribution in [3.05, 3.63) is 34.9 Å². The Morgan fingerprint density at radius 1 is 1.35 bits per heavy atom. The molecule has 0 aromatic heterocycles. The summed E-state index contributed by atoms with van der Waals surface area (Å²) in [6.45, 7) is 5.83. The van der Waals surface area contributed by atoms with Crippen molar-refractivity contribution < 1.29 is 4.79 Å². The maximum absolute atomic E-state index is 11.9. The van der Waals surface area contributed by atoms with Crippen molar-refractivity contribution >= 4 is 5.91 Å². The summed E-state index contributed by atoms with van der Waals surface area (Å²) >= 11 is 0. The summed E-state index contributed by atoms with van der Waals surface area (Å²) in [5, 5.41) is 3.34. The Morgan fingerprint density at radius 3 is 2.82 bits per heavy atom. The molecule has 1 aromatic rings. The first kappa shape index (κ1) is 12.1. The van der Waals surface area contributed by atoms with Gasteiger partial charge in [-0.1, -0.05) is 23.8 Å². The summed E-state index contributed by atoms with van der Waals surface area (Å²) in [5.74, 6) is 0.222. The topological polar surface area (TPSA) is 32.3 Å². The molecule has 0 bridgehead atoms. The number of benzene rings is 1. The van der Waals surface area contributed by atoms with Crippen LogP contribution in [0.1, 0.15) is 29.2 Å². The van der Waals surface area contributed by atoms with Gasteiger partial charge in [-0.15, -0.1) is 0 Å². The molecule has 1 aliphatic rings. The fourth-order valence-electron chi connectivity index (χ4n) is 2.44. The minimum Gasteiger partial charge on any atom is -0.337 e. The number of carbonyl (C=O) groups is 1. The van der Waals surface area contributed by atoms with Crippen LogP contribution in [0.2, 0.25) is 0 Å². The van der Waals surface area contributed by atoms with E-state index in [2.05, 4.69) is 37.4 Å². The maximum Gasteiger partial charge on any atom is 0.224 e. The molecule has 3 nitrogen and oxygen atoms in total. The highest BCUT2D eigenvalue weighted by molar-refractivity contribution is 5.77. The fourth-order valence-corrected chi connectivity index (χ4v) is 2.44. The van der Waals surface area contributed by atoms with E-state index >= 15 is 0 Å². The average Bonchev–Trinajstić information content (AvgIpc) is 2.44. The lowest BCUT2D eigenvalue weighted by Crippen LogP contribution is -2.33. The molecule has 1 amide bonds. The van der Waals surface area contributed by atoms with E-state index in [9.17, 15) is 4.79 Å². The van der Waals surface area contributed by atoms with Gasteiger partial charge >= 0.3 is 0 Å². The summed E-state index contributed by atoms with van der Waals surface area (Å²) in [7, 11) is 1.90. The fraction of sp³-hybridized carbons (Fsp3) is 0.500. The number of rotatable bonds is 1. The number of carbonyl (C=O) groups excluding carboxylic acids is 1. The standard InChI is InChI=1S/C14H20N2O/c1-10-4-5-12(11(2)8-10)13-9-15-7-6-14(17)16(13)3/h4-5,8,13,15H,6-7,9H2,1-3H3. The largest absolute Gasteiger partial charge is 0.337 e. The van der Waals surface area contributed by atoms with Crippen LogP contribution in [0.4, 0.5) is 0 Å². The molecule has 1 aromatic carbocycles. The summed E-state index contributed by atoms with van der Waals surface area (Å²) in [6.07, 6.45) is 0.595. The molecule has 1 aliphatic heterocycles. The van der Waals surface area contributed by atoms with E-state index < -0.39 is 0 Å². The van der Waals surface area contributed by atoms with E-state index in [1.807, 2.05) is 11.9 Å². The number of nitrogens with one attached hydrogen (secondary N) is 1. The zero-order valence-electron chi connectivity index (χ0n) is 10.8. The van der Waals surface area contributed by atoms with Crippen molar-refractivity contribution in [3.8, 4) is 0 Å². The van der Waals surface area contributed by atoms with Crippen LogP contribution in [0.15, 0.2) is 18.2 Å². The summed E-state index contributed by atoms with van der Waals surface area (Å²) in [4.78, 5) is 13.7. The van der Waals surface area contributed by atoms with E-state index in [0.717, 1.165) is 13.1 Å². The number of likely N-dealkylation sites (N-methyl/N-ethyl adjacent to an activating group) is 1. The Balaban J connectivity index is 2.33. The normalized spacial score (nSPS) is 21.5.